The van der Waals surface area contributed by atoms with E-state index >= 15 is 0 Å². The van der Waals surface area contributed by atoms with E-state index in [9.17, 15) is 13.9 Å². The van der Waals surface area contributed by atoms with Crippen LogP contribution >= 0.6 is 0 Å². The minimum Gasteiger partial charge on any atom is -0.393 e. The lowest BCUT2D eigenvalue weighted by Gasteiger charge is -2.27. The van der Waals surface area contributed by atoms with Crippen LogP contribution in [-0.2, 0) is 0 Å². The van der Waals surface area contributed by atoms with Crippen molar-refractivity contribution in [3.05, 3.63) is 17.7 Å². The molecule has 1 aliphatic rings. The van der Waals surface area contributed by atoms with Crippen molar-refractivity contribution in [2.75, 3.05) is 17.6 Å². The number of halogens is 2. The zero-order chi connectivity index (χ0) is 13.1. The summed E-state index contributed by atoms with van der Waals surface area (Å²) in [6, 6.07) is 0.710. The lowest BCUT2D eigenvalue weighted by molar-refractivity contribution is 0.0762. The summed E-state index contributed by atoms with van der Waals surface area (Å²) in [5.41, 5.74) is 5.28. The van der Waals surface area contributed by atoms with Gasteiger partial charge < -0.3 is 16.2 Å². The van der Waals surface area contributed by atoms with Gasteiger partial charge in [0.15, 0.2) is 23.3 Å². The monoisotopic (exact) mass is 257 g/mol. The smallest absolute Gasteiger partial charge is 0.168 e. The quantitative estimate of drug-likeness (QED) is 0.773. The van der Waals surface area contributed by atoms with Gasteiger partial charge in [-0.2, -0.15) is 0 Å². The third-order valence-corrected chi connectivity index (χ3v) is 3.36. The normalized spacial score (nSPS) is 23.9. The fraction of sp³-hybridized carbons (Fsp3) is 0.583. The van der Waals surface area contributed by atoms with Crippen LogP contribution in [0, 0.1) is 17.6 Å². The lowest BCUT2D eigenvalue weighted by atomic mass is 9.86. The van der Waals surface area contributed by atoms with E-state index in [1.165, 1.54) is 0 Å². The highest BCUT2D eigenvalue weighted by Crippen LogP contribution is 2.25. The number of nitrogens with one attached hydrogen (secondary N) is 1. The average Bonchev–Trinajstić information content (AvgIpc) is 2.34. The van der Waals surface area contributed by atoms with Gasteiger partial charge in [0.1, 0.15) is 0 Å². The minimum absolute atomic E-state index is 0.0633. The zero-order valence-corrected chi connectivity index (χ0v) is 10.00. The molecule has 0 aromatic carbocycles. The molecule has 1 aliphatic carbocycles. The number of rotatable bonds is 3. The molecule has 0 spiro atoms. The van der Waals surface area contributed by atoms with Crippen molar-refractivity contribution in [2.24, 2.45) is 5.92 Å². The topological polar surface area (TPSA) is 71.2 Å². The maximum absolute atomic E-state index is 13.4. The number of nitrogens with two attached hydrogens (primary N) is 1. The first-order valence-corrected chi connectivity index (χ1v) is 6.11. The highest BCUT2D eigenvalue weighted by Gasteiger charge is 2.23. The molecule has 0 radical (unpaired) electrons. The molecule has 0 aliphatic heterocycles. The van der Waals surface area contributed by atoms with Crippen LogP contribution in [0.15, 0.2) is 6.07 Å². The van der Waals surface area contributed by atoms with Crippen LogP contribution in [0.2, 0.25) is 0 Å². The number of hydrogen-bond donors (Lipinski definition) is 3. The molecule has 2 unspecified atom stereocenters. The van der Waals surface area contributed by atoms with Crippen molar-refractivity contribution in [1.82, 2.24) is 4.98 Å². The summed E-state index contributed by atoms with van der Waals surface area (Å²) < 4.78 is 26.3. The molecule has 0 bridgehead atoms. The Hall–Kier alpha value is -1.43. The second kappa shape index (κ2) is 5.48. The van der Waals surface area contributed by atoms with Gasteiger partial charge in [-0.05, 0) is 12.8 Å². The van der Waals surface area contributed by atoms with Gasteiger partial charge in [0.05, 0.1) is 6.10 Å². The Morgan fingerprint density at radius 3 is 2.78 bits per heavy atom. The minimum atomic E-state index is -0.865. The first kappa shape index (κ1) is 13.0. The third-order valence-electron chi connectivity index (χ3n) is 3.36. The average molecular weight is 257 g/mol. The van der Waals surface area contributed by atoms with Crippen LogP contribution in [0.5, 0.6) is 0 Å². The summed E-state index contributed by atoms with van der Waals surface area (Å²) in [4.78, 5) is 3.62. The molecular formula is C12H17F2N3O. The van der Waals surface area contributed by atoms with Crippen molar-refractivity contribution in [2.45, 2.75) is 31.8 Å². The molecular weight excluding hydrogens is 240 g/mol. The maximum Gasteiger partial charge on any atom is 0.168 e. The summed E-state index contributed by atoms with van der Waals surface area (Å²) in [5.74, 6) is -1.95. The molecule has 0 amide bonds. The van der Waals surface area contributed by atoms with E-state index in [1.807, 2.05) is 0 Å². The molecule has 2 rings (SSSR count). The molecule has 1 saturated carbocycles. The Kier molecular flexibility index (Phi) is 3.96. The maximum atomic E-state index is 13.4. The predicted octanol–water partition coefficient (Wildman–Crippen LogP) is 1.90. The van der Waals surface area contributed by atoms with Gasteiger partial charge in [0.2, 0.25) is 0 Å². The molecule has 1 heterocycles. The Morgan fingerprint density at radius 1 is 1.33 bits per heavy atom. The van der Waals surface area contributed by atoms with E-state index < -0.39 is 11.6 Å². The zero-order valence-electron chi connectivity index (χ0n) is 10.00. The van der Waals surface area contributed by atoms with E-state index in [0.717, 1.165) is 25.7 Å². The van der Waals surface area contributed by atoms with Crippen molar-refractivity contribution >= 4 is 11.6 Å². The fourth-order valence-electron chi connectivity index (χ4n) is 2.26. The Labute approximate surface area is 104 Å². The summed E-state index contributed by atoms with van der Waals surface area (Å²) in [7, 11) is 0. The van der Waals surface area contributed by atoms with E-state index in [0.29, 0.717) is 12.6 Å². The van der Waals surface area contributed by atoms with Crippen LogP contribution in [0.25, 0.3) is 0 Å². The fourth-order valence-corrected chi connectivity index (χ4v) is 2.26. The first-order chi connectivity index (χ1) is 8.58. The molecule has 4 N–H and O–H groups in total. The lowest BCUT2D eigenvalue weighted by Crippen LogP contribution is -2.30. The van der Waals surface area contributed by atoms with Crippen molar-refractivity contribution in [1.29, 1.82) is 0 Å². The van der Waals surface area contributed by atoms with E-state index in [4.69, 9.17) is 5.73 Å². The number of nitrogens with zero attached hydrogens (tertiary/aromatic N) is 1. The number of pyridine rings is 1. The Bertz CT molecular complexity index is 428. The van der Waals surface area contributed by atoms with Crippen molar-refractivity contribution in [3.63, 3.8) is 0 Å². The Morgan fingerprint density at radius 2 is 2.06 bits per heavy atom. The number of aliphatic hydroxyl groups excluding tert-OH is 1. The van der Waals surface area contributed by atoms with Gasteiger partial charge in [-0.1, -0.05) is 12.8 Å². The molecule has 1 fully saturated rings. The number of aromatic nitrogens is 1. The molecule has 2 atom stereocenters. The van der Waals surface area contributed by atoms with E-state index in [1.54, 1.807) is 0 Å². The van der Waals surface area contributed by atoms with Gasteiger partial charge in [0, 0.05) is 18.5 Å². The second-order valence-electron chi connectivity index (χ2n) is 4.68. The summed E-state index contributed by atoms with van der Waals surface area (Å²) in [6.45, 7) is 0.413. The molecule has 100 valence electrons. The van der Waals surface area contributed by atoms with Crippen LogP contribution in [0.3, 0.4) is 0 Å². The van der Waals surface area contributed by atoms with Crippen molar-refractivity contribution in [3.8, 4) is 0 Å². The SMILES string of the molecule is Nc1nc(NCC2CCCCC2O)c(F)cc1F. The number of nitrogen functional groups attached to an aromatic ring is 1. The third kappa shape index (κ3) is 2.87. The van der Waals surface area contributed by atoms with Gasteiger partial charge in [-0.15, -0.1) is 0 Å². The Balaban J connectivity index is 1.99. The molecule has 6 heteroatoms. The highest BCUT2D eigenvalue weighted by molar-refractivity contribution is 5.44. The standard InChI is InChI=1S/C12H17F2N3O/c13-8-5-9(14)12(17-11(8)15)16-6-7-3-1-2-4-10(7)18/h5,7,10,18H,1-4,6H2,(H3,15,16,17). The molecule has 1 aromatic rings. The van der Waals surface area contributed by atoms with Crippen molar-refractivity contribution < 1.29 is 13.9 Å². The largest absolute Gasteiger partial charge is 0.393 e. The van der Waals surface area contributed by atoms with Crippen LogP contribution in [-0.4, -0.2) is 22.7 Å². The van der Waals surface area contributed by atoms with E-state index in [-0.39, 0.29) is 23.7 Å². The number of anilines is 2. The van der Waals surface area contributed by atoms with E-state index in [2.05, 4.69) is 10.3 Å². The second-order valence-corrected chi connectivity index (χ2v) is 4.68. The van der Waals surface area contributed by atoms with Crippen LogP contribution in [0.4, 0.5) is 20.4 Å². The van der Waals surface area contributed by atoms with Gasteiger partial charge in [-0.25, -0.2) is 13.8 Å². The first-order valence-electron chi connectivity index (χ1n) is 6.11. The summed E-state index contributed by atoms with van der Waals surface area (Å²) >= 11 is 0. The molecule has 18 heavy (non-hydrogen) atoms. The van der Waals surface area contributed by atoms with Crippen LogP contribution < -0.4 is 11.1 Å². The van der Waals surface area contributed by atoms with Gasteiger partial charge in [0.25, 0.3) is 0 Å². The predicted molar refractivity (Wildman–Crippen MR) is 65.0 cm³/mol. The van der Waals surface area contributed by atoms with Crippen LogP contribution in [0.1, 0.15) is 25.7 Å². The molecule has 4 nitrogen and oxygen atoms in total. The number of aliphatic hydroxyl groups is 1. The molecule has 1 aromatic heterocycles. The van der Waals surface area contributed by atoms with Gasteiger partial charge in [-0.3, -0.25) is 0 Å². The molecule has 0 saturated heterocycles. The summed E-state index contributed by atoms with van der Waals surface area (Å²) in [5, 5.41) is 12.6. The highest BCUT2D eigenvalue weighted by atomic mass is 19.1. The number of hydrogen-bond acceptors (Lipinski definition) is 4. The summed E-state index contributed by atoms with van der Waals surface area (Å²) in [6.07, 6.45) is 3.38. The van der Waals surface area contributed by atoms with Gasteiger partial charge >= 0.3 is 0 Å².